The van der Waals surface area contributed by atoms with Gasteiger partial charge in [0.2, 0.25) is 5.91 Å². The molecule has 0 aliphatic carbocycles. The van der Waals surface area contributed by atoms with E-state index in [4.69, 9.17) is 5.73 Å². The first kappa shape index (κ1) is 17.9. The lowest BCUT2D eigenvalue weighted by atomic mass is 9.71. The van der Waals surface area contributed by atoms with Gasteiger partial charge in [-0.1, -0.05) is 18.2 Å². The molecule has 0 bridgehead atoms. The van der Waals surface area contributed by atoms with E-state index in [1.54, 1.807) is 10.7 Å². The summed E-state index contributed by atoms with van der Waals surface area (Å²) in [6, 6.07) is 11.8. The van der Waals surface area contributed by atoms with Crippen molar-refractivity contribution in [3.63, 3.8) is 0 Å². The van der Waals surface area contributed by atoms with Crippen LogP contribution in [0.1, 0.15) is 34.3 Å². The number of anilines is 1. The van der Waals surface area contributed by atoms with Crippen LogP contribution >= 0.6 is 0 Å². The maximum Gasteiger partial charge on any atom is 0.257 e. The number of carbonyl (C=O) groups is 2. The number of aromatic nitrogens is 2. The van der Waals surface area contributed by atoms with Crippen LogP contribution in [0, 0.1) is 5.41 Å². The molecule has 1 aromatic carbocycles. The standard InChI is InChI=1S/C22H23N5O2/c23-13-15-5-8-27-19(11-15)17(14-24-27)20(28)26-9-6-22(7-10-26)12-16-3-1-2-4-18(16)25-21(22)29/h1-5,8,11,14H,6-7,9-10,12-13,23H2,(H,25,29). The molecule has 4 heterocycles. The summed E-state index contributed by atoms with van der Waals surface area (Å²) in [7, 11) is 0. The molecule has 3 aromatic rings. The summed E-state index contributed by atoms with van der Waals surface area (Å²) in [5.41, 5.74) is 9.69. The predicted octanol–water partition coefficient (Wildman–Crippen LogP) is 2.21. The summed E-state index contributed by atoms with van der Waals surface area (Å²) in [5.74, 6) is 0.0347. The van der Waals surface area contributed by atoms with Crippen LogP contribution in [-0.2, 0) is 17.8 Å². The van der Waals surface area contributed by atoms with Crippen LogP contribution in [0.15, 0.2) is 48.8 Å². The lowest BCUT2D eigenvalue weighted by Gasteiger charge is -2.43. The van der Waals surface area contributed by atoms with Gasteiger partial charge >= 0.3 is 0 Å². The second-order valence-corrected chi connectivity index (χ2v) is 7.99. The Labute approximate surface area is 168 Å². The number of hydrogen-bond acceptors (Lipinski definition) is 4. The molecule has 2 amide bonds. The van der Waals surface area contributed by atoms with Crippen molar-refractivity contribution in [2.45, 2.75) is 25.8 Å². The monoisotopic (exact) mass is 389 g/mol. The third-order valence-electron chi connectivity index (χ3n) is 6.34. The number of pyridine rings is 1. The first-order valence-electron chi connectivity index (χ1n) is 9.95. The summed E-state index contributed by atoms with van der Waals surface area (Å²) >= 11 is 0. The fraction of sp³-hybridized carbons (Fsp3) is 0.318. The lowest BCUT2D eigenvalue weighted by molar-refractivity contribution is -0.128. The normalized spacial score (nSPS) is 18.0. The number of amides is 2. The number of nitrogens with zero attached hydrogens (tertiary/aromatic N) is 3. The molecule has 0 atom stereocenters. The Morgan fingerprint density at radius 3 is 2.79 bits per heavy atom. The van der Waals surface area contributed by atoms with E-state index in [2.05, 4.69) is 16.5 Å². The van der Waals surface area contributed by atoms with Crippen LogP contribution in [0.4, 0.5) is 5.69 Å². The van der Waals surface area contributed by atoms with Crippen molar-refractivity contribution in [1.29, 1.82) is 0 Å². The fourth-order valence-corrected chi connectivity index (χ4v) is 4.52. The van der Waals surface area contributed by atoms with E-state index in [0.29, 0.717) is 38.0 Å². The first-order valence-corrected chi connectivity index (χ1v) is 9.95. The molecule has 7 nitrogen and oxygen atoms in total. The van der Waals surface area contributed by atoms with Crippen LogP contribution in [-0.4, -0.2) is 39.4 Å². The highest BCUT2D eigenvalue weighted by Crippen LogP contribution is 2.41. The van der Waals surface area contributed by atoms with Crippen molar-refractivity contribution >= 4 is 23.0 Å². The minimum atomic E-state index is -0.432. The number of benzene rings is 1. The van der Waals surface area contributed by atoms with Crippen molar-refractivity contribution < 1.29 is 9.59 Å². The zero-order chi connectivity index (χ0) is 20.0. The van der Waals surface area contributed by atoms with E-state index in [9.17, 15) is 9.59 Å². The van der Waals surface area contributed by atoms with Gasteiger partial charge in [-0.05, 0) is 48.6 Å². The maximum absolute atomic E-state index is 13.2. The fourth-order valence-electron chi connectivity index (χ4n) is 4.52. The van der Waals surface area contributed by atoms with Crippen molar-refractivity contribution in [3.05, 3.63) is 65.5 Å². The predicted molar refractivity (Wildman–Crippen MR) is 109 cm³/mol. The average Bonchev–Trinajstić information content (AvgIpc) is 3.18. The second kappa shape index (κ2) is 6.70. The topological polar surface area (TPSA) is 92.7 Å². The van der Waals surface area contributed by atoms with Crippen LogP contribution < -0.4 is 11.1 Å². The van der Waals surface area contributed by atoms with E-state index in [-0.39, 0.29) is 11.8 Å². The number of hydrogen-bond donors (Lipinski definition) is 2. The molecule has 1 spiro atoms. The quantitative estimate of drug-likeness (QED) is 0.703. The molecule has 3 N–H and O–H groups in total. The number of carbonyl (C=O) groups excluding carboxylic acids is 2. The summed E-state index contributed by atoms with van der Waals surface area (Å²) in [6.07, 6.45) is 5.49. The largest absolute Gasteiger partial charge is 0.338 e. The van der Waals surface area contributed by atoms with Gasteiger partial charge in [-0.2, -0.15) is 5.10 Å². The summed E-state index contributed by atoms with van der Waals surface area (Å²) in [5, 5.41) is 7.36. The third-order valence-corrected chi connectivity index (χ3v) is 6.34. The molecule has 0 saturated carbocycles. The molecule has 0 radical (unpaired) electrons. The van der Waals surface area contributed by atoms with Gasteiger partial charge in [0.15, 0.2) is 0 Å². The molecule has 2 aromatic heterocycles. The van der Waals surface area contributed by atoms with Crippen LogP contribution in [0.2, 0.25) is 0 Å². The molecular formula is C22H23N5O2. The Morgan fingerprint density at radius 2 is 2.00 bits per heavy atom. The van der Waals surface area contributed by atoms with Crippen molar-refractivity contribution in [2.24, 2.45) is 11.1 Å². The van der Waals surface area contributed by atoms with Gasteiger partial charge < -0.3 is 16.0 Å². The minimum absolute atomic E-state index is 0.0411. The summed E-state index contributed by atoms with van der Waals surface area (Å²) < 4.78 is 1.70. The van der Waals surface area contributed by atoms with E-state index in [1.165, 1.54) is 5.56 Å². The molecule has 148 valence electrons. The number of piperidine rings is 1. The highest BCUT2D eigenvalue weighted by molar-refractivity contribution is 6.01. The Balaban J connectivity index is 1.36. The van der Waals surface area contributed by atoms with Crippen LogP contribution in [0.25, 0.3) is 5.52 Å². The van der Waals surface area contributed by atoms with Crippen LogP contribution in [0.3, 0.4) is 0 Å². The number of para-hydroxylation sites is 1. The third kappa shape index (κ3) is 2.89. The summed E-state index contributed by atoms with van der Waals surface area (Å²) in [4.78, 5) is 27.8. The Hall–Kier alpha value is -3.19. The van der Waals surface area contributed by atoms with E-state index < -0.39 is 5.41 Å². The number of nitrogens with two attached hydrogens (primary N) is 1. The van der Waals surface area contributed by atoms with Crippen LogP contribution in [0.5, 0.6) is 0 Å². The van der Waals surface area contributed by atoms with Gasteiger partial charge in [0.25, 0.3) is 5.91 Å². The molecular weight excluding hydrogens is 366 g/mol. The molecule has 7 heteroatoms. The number of fused-ring (bicyclic) bond motifs is 2. The van der Waals surface area contributed by atoms with E-state index in [0.717, 1.165) is 23.2 Å². The van der Waals surface area contributed by atoms with Gasteiger partial charge in [-0.25, -0.2) is 4.52 Å². The number of likely N-dealkylation sites (tertiary alicyclic amines) is 1. The molecule has 0 unspecified atom stereocenters. The molecule has 29 heavy (non-hydrogen) atoms. The zero-order valence-corrected chi connectivity index (χ0v) is 16.1. The Kier molecular flexibility index (Phi) is 4.13. The van der Waals surface area contributed by atoms with Gasteiger partial charge in [-0.15, -0.1) is 0 Å². The number of rotatable bonds is 2. The van der Waals surface area contributed by atoms with Gasteiger partial charge in [-0.3, -0.25) is 9.59 Å². The summed E-state index contributed by atoms with van der Waals surface area (Å²) in [6.45, 7) is 1.53. The molecule has 1 saturated heterocycles. The smallest absolute Gasteiger partial charge is 0.257 e. The van der Waals surface area contributed by atoms with Crippen molar-refractivity contribution in [2.75, 3.05) is 18.4 Å². The average molecular weight is 389 g/mol. The van der Waals surface area contributed by atoms with Crippen molar-refractivity contribution in [1.82, 2.24) is 14.5 Å². The number of nitrogens with one attached hydrogen (secondary N) is 1. The first-order chi connectivity index (χ1) is 14.1. The van der Waals surface area contributed by atoms with Gasteiger partial charge in [0.1, 0.15) is 0 Å². The van der Waals surface area contributed by atoms with Gasteiger partial charge in [0.05, 0.1) is 22.7 Å². The molecule has 2 aliphatic rings. The SMILES string of the molecule is NCc1ccn2ncc(C(=O)N3CCC4(CC3)Cc3ccccc3NC4=O)c2c1. The molecule has 5 rings (SSSR count). The van der Waals surface area contributed by atoms with Crippen molar-refractivity contribution in [3.8, 4) is 0 Å². The zero-order valence-electron chi connectivity index (χ0n) is 16.1. The molecule has 1 fully saturated rings. The second-order valence-electron chi connectivity index (χ2n) is 7.99. The van der Waals surface area contributed by atoms with E-state index >= 15 is 0 Å². The van der Waals surface area contributed by atoms with Gasteiger partial charge in [0, 0.05) is 31.5 Å². The highest BCUT2D eigenvalue weighted by Gasteiger charge is 2.45. The minimum Gasteiger partial charge on any atom is -0.338 e. The lowest BCUT2D eigenvalue weighted by Crippen LogP contribution is -2.51. The maximum atomic E-state index is 13.2. The van der Waals surface area contributed by atoms with E-state index in [1.807, 2.05) is 41.4 Å². The highest BCUT2D eigenvalue weighted by atomic mass is 16.2. The molecule has 2 aliphatic heterocycles. The Bertz CT molecular complexity index is 1110. The Morgan fingerprint density at radius 1 is 1.21 bits per heavy atom.